The van der Waals surface area contributed by atoms with E-state index in [1.54, 1.807) is 0 Å². The standard InChI is InChI=1S/C18H25NO/c1-19-10-9-18-8-4-3-5-15(18)17(19)11-13-6-7-14(20-2)12-16(13)18/h6-7,12,15,17H,3-5,8-11H2,1-2H3/t15-,17+,18+/m1/s1/i3D2,4D2,5D2,8D2,9D2,10D2,15D,17D. The lowest BCUT2D eigenvalue weighted by Crippen LogP contribution is -2.59. The Morgan fingerprint density at radius 1 is 1.40 bits per heavy atom. The van der Waals surface area contributed by atoms with Crippen LogP contribution in [0.15, 0.2) is 18.2 Å². The molecule has 2 aliphatic carbocycles. The maximum absolute atomic E-state index is 9.49. The molecule has 0 radical (unpaired) electrons. The summed E-state index contributed by atoms with van der Waals surface area (Å²) in [6.45, 7) is -3.18. The molecule has 3 aliphatic rings. The minimum Gasteiger partial charge on any atom is -0.497 e. The SMILES string of the molecule is [2H]C1([2H])N(C)[C@@]2([2H])Cc3ccc(OC)cc3[C@]3(C1([2H])[2H])C([2H])([2H])C([2H])([2H])C([2H])([2H])C([2H])([2H])[C@@]32[2H]. The van der Waals surface area contributed by atoms with Crippen LogP contribution in [0.25, 0.3) is 0 Å². The number of rotatable bonds is 1. The fraction of sp³-hybridized carbons (Fsp3) is 0.667. The van der Waals surface area contributed by atoms with Gasteiger partial charge in [0.15, 0.2) is 0 Å². The van der Waals surface area contributed by atoms with Crippen LogP contribution in [0.5, 0.6) is 5.75 Å². The van der Waals surface area contributed by atoms with E-state index in [4.69, 9.17) is 21.2 Å². The van der Waals surface area contributed by atoms with E-state index >= 15 is 0 Å². The summed E-state index contributed by atoms with van der Waals surface area (Å²) in [6.07, 6.45) is -18.9. The summed E-state index contributed by atoms with van der Waals surface area (Å²) in [4.78, 5) is 0.531. The van der Waals surface area contributed by atoms with Gasteiger partial charge in [-0.3, -0.25) is 0 Å². The molecular weight excluding hydrogens is 246 g/mol. The average molecular weight is 285 g/mol. The van der Waals surface area contributed by atoms with Crippen LogP contribution in [-0.4, -0.2) is 31.6 Å². The predicted molar refractivity (Wildman–Crippen MR) is 81.4 cm³/mol. The third-order valence-corrected chi connectivity index (χ3v) is 4.06. The molecule has 0 amide bonds. The zero-order valence-electron chi connectivity index (χ0n) is 25.3. The summed E-state index contributed by atoms with van der Waals surface area (Å²) in [5, 5.41) is 0. The first-order chi connectivity index (χ1) is 15.0. The first kappa shape index (κ1) is 4.74. The molecule has 0 N–H and O–H groups in total. The number of hydrogen-bond donors (Lipinski definition) is 0. The van der Waals surface area contributed by atoms with Crippen LogP contribution >= 0.6 is 0 Å². The fourth-order valence-corrected chi connectivity index (χ4v) is 3.00. The van der Waals surface area contributed by atoms with E-state index < -0.39 is 67.7 Å². The van der Waals surface area contributed by atoms with E-state index in [-0.39, 0.29) is 11.3 Å². The number of likely N-dealkylation sites (tertiary alicyclic amines) is 1. The summed E-state index contributed by atoms with van der Waals surface area (Å²) in [6, 6.07) is 1.22. The van der Waals surface area contributed by atoms with E-state index in [1.165, 1.54) is 19.2 Å². The zero-order valence-corrected chi connectivity index (χ0v) is 11.3. The van der Waals surface area contributed by atoms with Gasteiger partial charge in [0.25, 0.3) is 0 Å². The number of nitrogens with zero attached hydrogens (tertiary/aromatic N) is 1. The molecule has 2 fully saturated rings. The molecule has 2 bridgehead atoms. The van der Waals surface area contributed by atoms with Crippen molar-refractivity contribution < 1.29 is 23.9 Å². The van der Waals surface area contributed by atoms with E-state index in [0.717, 1.165) is 13.1 Å². The van der Waals surface area contributed by atoms with Crippen LogP contribution in [0, 0.1) is 5.89 Å². The van der Waals surface area contributed by atoms with Gasteiger partial charge in [-0.2, -0.15) is 0 Å². The number of fused-ring (bicyclic) bond motifs is 1. The van der Waals surface area contributed by atoms with Crippen LogP contribution in [0.2, 0.25) is 0 Å². The average Bonchev–Trinajstić information content (AvgIpc) is 2.71. The first-order valence-electron chi connectivity index (χ1n) is 13.5. The number of likely N-dealkylation sites (N-methyl/N-ethyl adjacent to an activating group) is 1. The van der Waals surface area contributed by atoms with Crippen LogP contribution < -0.4 is 4.74 Å². The number of methoxy groups -OCH3 is 1. The lowest BCUT2D eigenvalue weighted by Gasteiger charge is -2.58. The van der Waals surface area contributed by atoms with Gasteiger partial charge < -0.3 is 9.64 Å². The molecular formula is C18H25NO. The van der Waals surface area contributed by atoms with Gasteiger partial charge in [-0.05, 0) is 68.2 Å². The van der Waals surface area contributed by atoms with Crippen molar-refractivity contribution in [3.05, 3.63) is 29.3 Å². The van der Waals surface area contributed by atoms with E-state index in [1.807, 2.05) is 0 Å². The minimum atomic E-state index is -3.74. The lowest BCUT2D eigenvalue weighted by molar-refractivity contribution is 0.00274. The monoisotopic (exact) mass is 285 g/mol. The van der Waals surface area contributed by atoms with Crippen molar-refractivity contribution in [2.45, 2.75) is 49.7 Å². The normalized spacial score (nSPS) is 68.9. The number of piperidine rings is 1. The highest BCUT2D eigenvalue weighted by molar-refractivity contribution is 5.45. The van der Waals surface area contributed by atoms with Gasteiger partial charge >= 0.3 is 0 Å². The van der Waals surface area contributed by atoms with E-state index in [9.17, 15) is 2.74 Å². The molecule has 2 heteroatoms. The topological polar surface area (TPSA) is 12.5 Å². The first-order valence-corrected chi connectivity index (χ1v) is 6.45. The molecule has 0 aromatic heterocycles. The Morgan fingerprint density at radius 2 is 2.30 bits per heavy atom. The smallest absolute Gasteiger partial charge is 0.119 e. The van der Waals surface area contributed by atoms with Gasteiger partial charge in [0, 0.05) is 30.6 Å². The summed E-state index contributed by atoms with van der Waals surface area (Å²) >= 11 is 0. The Morgan fingerprint density at radius 3 is 3.15 bits per heavy atom. The summed E-state index contributed by atoms with van der Waals surface area (Å²) in [5.41, 5.74) is -3.62. The highest BCUT2D eigenvalue weighted by atomic mass is 16.5. The molecule has 0 spiro atoms. The van der Waals surface area contributed by atoms with Crippen LogP contribution in [0.3, 0.4) is 0 Å². The Hall–Kier alpha value is -1.02. The quantitative estimate of drug-likeness (QED) is 0.784. The summed E-state index contributed by atoms with van der Waals surface area (Å²) in [5.74, 6) is -3.32. The molecule has 1 saturated carbocycles. The molecule has 4 rings (SSSR count). The summed E-state index contributed by atoms with van der Waals surface area (Å²) in [7, 11) is 2.25. The van der Waals surface area contributed by atoms with Crippen molar-refractivity contribution in [3.8, 4) is 5.75 Å². The van der Waals surface area contributed by atoms with Crippen molar-refractivity contribution in [3.63, 3.8) is 0 Å². The molecule has 0 unspecified atom stereocenters. The predicted octanol–water partition coefficient (Wildman–Crippen LogP) is 3.38. The van der Waals surface area contributed by atoms with Gasteiger partial charge in [-0.1, -0.05) is 18.8 Å². The highest BCUT2D eigenvalue weighted by Gasteiger charge is 2.53. The van der Waals surface area contributed by atoms with Crippen molar-refractivity contribution in [2.75, 3.05) is 20.7 Å². The fourth-order valence-electron chi connectivity index (χ4n) is 3.00. The van der Waals surface area contributed by atoms with Crippen molar-refractivity contribution in [1.29, 1.82) is 0 Å². The molecule has 1 saturated heterocycles. The molecule has 1 heterocycles. The third kappa shape index (κ3) is 1.60. The van der Waals surface area contributed by atoms with Crippen LogP contribution in [-0.2, 0) is 11.8 Å². The maximum Gasteiger partial charge on any atom is 0.119 e. The highest BCUT2D eigenvalue weighted by Crippen LogP contribution is 2.55. The Kier molecular flexibility index (Phi) is 1.06. The number of benzene rings is 1. The lowest BCUT2D eigenvalue weighted by atomic mass is 9.52. The second-order valence-electron chi connectivity index (χ2n) is 5.07. The van der Waals surface area contributed by atoms with Crippen LogP contribution in [0.4, 0.5) is 0 Å². The zero-order chi connectivity index (χ0) is 26.3. The Bertz CT molecular complexity index is 1070. The number of hydrogen-bond acceptors (Lipinski definition) is 2. The van der Waals surface area contributed by atoms with Gasteiger partial charge in [0.05, 0.1) is 7.11 Å². The van der Waals surface area contributed by atoms with Gasteiger partial charge in [-0.15, -0.1) is 0 Å². The molecule has 1 aliphatic heterocycles. The molecule has 108 valence electrons. The minimum absolute atomic E-state index is 0.0498. The molecule has 1 aromatic rings. The van der Waals surface area contributed by atoms with Gasteiger partial charge in [-0.25, -0.2) is 0 Å². The third-order valence-electron chi connectivity index (χ3n) is 4.06. The molecule has 2 nitrogen and oxygen atoms in total. The maximum atomic E-state index is 9.49. The largest absolute Gasteiger partial charge is 0.497 e. The van der Waals surface area contributed by atoms with E-state index in [0.29, 0.717) is 4.90 Å². The molecule has 3 atom stereocenters. The second-order valence-corrected chi connectivity index (χ2v) is 5.07. The molecule has 20 heavy (non-hydrogen) atoms. The summed E-state index contributed by atoms with van der Waals surface area (Å²) < 4.78 is 128. The Balaban J connectivity index is 2.39. The van der Waals surface area contributed by atoms with Gasteiger partial charge in [0.2, 0.25) is 0 Å². The van der Waals surface area contributed by atoms with Crippen LogP contribution in [0.1, 0.15) is 62.2 Å². The van der Waals surface area contributed by atoms with Gasteiger partial charge in [0.1, 0.15) is 5.75 Å². The van der Waals surface area contributed by atoms with Crippen molar-refractivity contribution >= 4 is 0 Å². The van der Waals surface area contributed by atoms with Crippen molar-refractivity contribution in [1.82, 2.24) is 4.90 Å². The van der Waals surface area contributed by atoms with E-state index in [2.05, 4.69) is 0 Å². The molecule has 1 aromatic carbocycles. The van der Waals surface area contributed by atoms with Crippen molar-refractivity contribution in [2.24, 2.45) is 5.89 Å². The number of ether oxygens (including phenoxy) is 1. The second kappa shape index (κ2) is 4.49. The Labute approximate surface area is 141 Å².